The van der Waals surface area contributed by atoms with Crippen molar-refractivity contribution in [3.05, 3.63) is 34.6 Å². The Morgan fingerprint density at radius 1 is 1.21 bits per heavy atom. The van der Waals surface area contributed by atoms with Crippen LogP contribution in [-0.4, -0.2) is 56.3 Å². The zero-order valence-corrected chi connectivity index (χ0v) is 16.8. The first kappa shape index (κ1) is 20.7. The monoisotopic (exact) mass is 403 g/mol. The summed E-state index contributed by atoms with van der Waals surface area (Å²) < 4.78 is 22.7. The summed E-state index contributed by atoms with van der Waals surface area (Å²) >= 11 is 0. The molecule has 1 aromatic heterocycles. The van der Waals surface area contributed by atoms with E-state index in [9.17, 15) is 9.59 Å². The highest BCUT2D eigenvalue weighted by Crippen LogP contribution is 2.40. The predicted molar refractivity (Wildman–Crippen MR) is 106 cm³/mol. The van der Waals surface area contributed by atoms with Crippen LogP contribution in [0.4, 0.5) is 0 Å². The van der Waals surface area contributed by atoms with E-state index in [0.717, 1.165) is 24.1 Å². The number of amides is 1. The highest BCUT2D eigenvalue weighted by Gasteiger charge is 2.18. The molecule has 0 radical (unpaired) electrons. The number of rotatable bonds is 8. The molecule has 1 saturated heterocycles. The van der Waals surface area contributed by atoms with Crippen molar-refractivity contribution in [3.8, 4) is 28.5 Å². The van der Waals surface area contributed by atoms with E-state index < -0.39 is 0 Å². The van der Waals surface area contributed by atoms with Gasteiger partial charge in [0.05, 0.1) is 33.1 Å². The second-order valence-corrected chi connectivity index (χ2v) is 6.57. The molecule has 1 atom stereocenters. The average Bonchev–Trinajstić information content (AvgIpc) is 3.26. The number of methoxy groups -OCH3 is 3. The number of hydrogen-bond acceptors (Lipinski definition) is 7. The maximum Gasteiger partial charge on any atom is 0.267 e. The van der Waals surface area contributed by atoms with Crippen molar-refractivity contribution in [2.24, 2.45) is 0 Å². The maximum absolute atomic E-state index is 12.2. The van der Waals surface area contributed by atoms with Crippen LogP contribution >= 0.6 is 0 Å². The van der Waals surface area contributed by atoms with Crippen molar-refractivity contribution in [3.63, 3.8) is 0 Å². The molecule has 1 aliphatic rings. The van der Waals surface area contributed by atoms with Crippen LogP contribution in [0.25, 0.3) is 11.3 Å². The van der Waals surface area contributed by atoms with E-state index in [1.807, 2.05) is 0 Å². The van der Waals surface area contributed by atoms with Crippen LogP contribution in [-0.2, 0) is 16.1 Å². The Hall–Kier alpha value is -3.07. The molecule has 1 aliphatic heterocycles. The van der Waals surface area contributed by atoms with Gasteiger partial charge in [-0.15, -0.1) is 0 Å². The van der Waals surface area contributed by atoms with Crippen LogP contribution in [0, 0.1) is 0 Å². The van der Waals surface area contributed by atoms with Crippen molar-refractivity contribution in [1.29, 1.82) is 0 Å². The SMILES string of the molecule is COc1cc(-c2ccc(=O)n(CC(=O)NCC3CCCO3)n2)cc(OC)c1OC. The van der Waals surface area contributed by atoms with Gasteiger partial charge in [0.1, 0.15) is 6.54 Å². The molecule has 0 bridgehead atoms. The second-order valence-electron chi connectivity index (χ2n) is 6.57. The highest BCUT2D eigenvalue weighted by atomic mass is 16.5. The third-order valence-corrected chi connectivity index (χ3v) is 4.67. The Labute approximate surface area is 168 Å². The van der Waals surface area contributed by atoms with E-state index in [1.165, 1.54) is 27.4 Å². The standard InChI is InChI=1S/C20H25N3O6/c1-26-16-9-13(10-17(27-2)20(16)28-3)15-6-7-19(25)23(22-15)12-18(24)21-11-14-5-4-8-29-14/h6-7,9-10,14H,4-5,8,11-12H2,1-3H3,(H,21,24). The number of nitrogens with zero attached hydrogens (tertiary/aromatic N) is 2. The van der Waals surface area contributed by atoms with Crippen LogP contribution in [0.3, 0.4) is 0 Å². The first-order chi connectivity index (χ1) is 14.0. The fourth-order valence-electron chi connectivity index (χ4n) is 3.17. The topological polar surface area (TPSA) is 101 Å². The summed E-state index contributed by atoms with van der Waals surface area (Å²) in [6.07, 6.45) is 1.96. The molecule has 2 aromatic rings. The van der Waals surface area contributed by atoms with Gasteiger partial charge >= 0.3 is 0 Å². The van der Waals surface area contributed by atoms with Gasteiger partial charge in [0.15, 0.2) is 11.5 Å². The number of hydrogen-bond donors (Lipinski definition) is 1. The average molecular weight is 403 g/mol. The lowest BCUT2D eigenvalue weighted by atomic mass is 10.1. The van der Waals surface area contributed by atoms with Gasteiger partial charge in [-0.1, -0.05) is 0 Å². The Bertz CT molecular complexity index is 896. The van der Waals surface area contributed by atoms with Gasteiger partial charge < -0.3 is 24.3 Å². The molecule has 2 heterocycles. The first-order valence-corrected chi connectivity index (χ1v) is 9.32. The predicted octanol–water partition coefficient (Wildman–Crippen LogP) is 1.23. The summed E-state index contributed by atoms with van der Waals surface area (Å²) in [5, 5.41) is 7.12. The Morgan fingerprint density at radius 2 is 1.93 bits per heavy atom. The van der Waals surface area contributed by atoms with Gasteiger partial charge in [0.25, 0.3) is 5.56 Å². The van der Waals surface area contributed by atoms with Gasteiger partial charge in [-0.05, 0) is 31.0 Å². The van der Waals surface area contributed by atoms with Crippen molar-refractivity contribution < 1.29 is 23.7 Å². The number of aromatic nitrogens is 2. The number of benzene rings is 1. The van der Waals surface area contributed by atoms with Crippen molar-refractivity contribution in [2.45, 2.75) is 25.5 Å². The summed E-state index contributed by atoms with van der Waals surface area (Å²) in [5.74, 6) is 1.10. The molecule has 29 heavy (non-hydrogen) atoms. The molecule has 156 valence electrons. The summed E-state index contributed by atoms with van der Waals surface area (Å²) in [4.78, 5) is 24.4. The number of nitrogens with one attached hydrogen (secondary N) is 1. The Morgan fingerprint density at radius 3 is 2.52 bits per heavy atom. The molecule has 0 spiro atoms. The van der Waals surface area contributed by atoms with Gasteiger partial charge in [-0.25, -0.2) is 4.68 Å². The van der Waals surface area contributed by atoms with Crippen molar-refractivity contribution >= 4 is 5.91 Å². The summed E-state index contributed by atoms with van der Waals surface area (Å²) in [6.45, 7) is 0.975. The normalized spacial score (nSPS) is 15.8. The molecule has 3 rings (SSSR count). The maximum atomic E-state index is 12.2. The van der Waals surface area contributed by atoms with Crippen LogP contribution in [0.1, 0.15) is 12.8 Å². The Balaban J connectivity index is 1.81. The van der Waals surface area contributed by atoms with Gasteiger partial charge in [-0.3, -0.25) is 9.59 Å². The molecule has 9 heteroatoms. The van der Waals surface area contributed by atoms with E-state index in [0.29, 0.717) is 35.1 Å². The molecule has 1 fully saturated rings. The minimum atomic E-state index is -0.367. The van der Waals surface area contributed by atoms with Gasteiger partial charge in [0.2, 0.25) is 11.7 Å². The van der Waals surface area contributed by atoms with Crippen LogP contribution in [0.5, 0.6) is 17.2 Å². The summed E-state index contributed by atoms with van der Waals surface area (Å²) in [7, 11) is 4.56. The molecule has 0 aliphatic carbocycles. The van der Waals surface area contributed by atoms with E-state index in [-0.39, 0.29) is 24.1 Å². The molecule has 1 amide bonds. The van der Waals surface area contributed by atoms with Gasteiger partial charge in [0, 0.05) is 24.8 Å². The molecule has 1 aromatic carbocycles. The molecule has 0 saturated carbocycles. The molecular weight excluding hydrogens is 378 g/mol. The second kappa shape index (κ2) is 9.42. The Kier molecular flexibility index (Phi) is 6.71. The smallest absolute Gasteiger partial charge is 0.267 e. The molecule has 1 unspecified atom stereocenters. The fourth-order valence-corrected chi connectivity index (χ4v) is 3.17. The lowest BCUT2D eigenvalue weighted by Gasteiger charge is -2.14. The zero-order chi connectivity index (χ0) is 20.8. The van der Waals surface area contributed by atoms with E-state index >= 15 is 0 Å². The van der Waals surface area contributed by atoms with Crippen LogP contribution in [0.2, 0.25) is 0 Å². The minimum Gasteiger partial charge on any atom is -0.493 e. The fraction of sp³-hybridized carbons (Fsp3) is 0.450. The zero-order valence-electron chi connectivity index (χ0n) is 16.8. The first-order valence-electron chi connectivity index (χ1n) is 9.32. The molecule has 9 nitrogen and oxygen atoms in total. The number of carbonyl (C=O) groups excluding carboxylic acids is 1. The molecular formula is C20H25N3O6. The summed E-state index contributed by atoms with van der Waals surface area (Å²) in [6, 6.07) is 6.43. The third-order valence-electron chi connectivity index (χ3n) is 4.67. The number of ether oxygens (including phenoxy) is 4. The van der Waals surface area contributed by atoms with E-state index in [2.05, 4.69) is 10.4 Å². The highest BCUT2D eigenvalue weighted by molar-refractivity contribution is 5.75. The lowest BCUT2D eigenvalue weighted by Crippen LogP contribution is -2.37. The van der Waals surface area contributed by atoms with Crippen molar-refractivity contribution in [1.82, 2.24) is 15.1 Å². The van der Waals surface area contributed by atoms with E-state index in [4.69, 9.17) is 18.9 Å². The third kappa shape index (κ3) is 4.86. The quantitative estimate of drug-likeness (QED) is 0.707. The van der Waals surface area contributed by atoms with Crippen LogP contribution in [0.15, 0.2) is 29.1 Å². The number of carbonyl (C=O) groups is 1. The minimum absolute atomic E-state index is 0.0363. The largest absolute Gasteiger partial charge is 0.493 e. The van der Waals surface area contributed by atoms with Crippen LogP contribution < -0.4 is 25.1 Å². The lowest BCUT2D eigenvalue weighted by molar-refractivity contribution is -0.122. The van der Waals surface area contributed by atoms with Crippen molar-refractivity contribution in [2.75, 3.05) is 34.5 Å². The van der Waals surface area contributed by atoms with E-state index in [1.54, 1.807) is 18.2 Å². The summed E-state index contributed by atoms with van der Waals surface area (Å²) in [5.41, 5.74) is 0.789. The molecule has 1 N–H and O–H groups in total. The van der Waals surface area contributed by atoms with Gasteiger partial charge in [-0.2, -0.15) is 5.10 Å².